The number of hydrogen-bond acceptors (Lipinski definition) is 6. The van der Waals surface area contributed by atoms with Gasteiger partial charge in [0.05, 0.1) is 6.54 Å². The van der Waals surface area contributed by atoms with Gasteiger partial charge in [-0.15, -0.1) is 0 Å². The number of carbonyl (C=O) groups excluding carboxylic acids is 3. The topological polar surface area (TPSA) is 111 Å². The molecule has 0 saturated heterocycles. The number of rotatable bonds is 2. The normalized spacial score (nSPS) is 22.9. The minimum absolute atomic E-state index is 0.332. The van der Waals surface area contributed by atoms with E-state index < -0.39 is 0 Å². The molecular formula is C13H21N3O3. The molecule has 0 radical (unpaired) electrons. The highest BCUT2D eigenvalue weighted by Crippen LogP contribution is 2.44. The van der Waals surface area contributed by atoms with Crippen molar-refractivity contribution in [3.63, 3.8) is 0 Å². The molecule has 0 aromatic heterocycles. The van der Waals surface area contributed by atoms with Crippen molar-refractivity contribution >= 4 is 18.2 Å². The van der Waals surface area contributed by atoms with Gasteiger partial charge in [-0.25, -0.2) is 30.2 Å². The number of nitrogens with one attached hydrogen (secondary N) is 2. The Hall–Kier alpha value is -1.86. The fraction of sp³-hybridized carbons (Fsp3) is 0.769. The smallest absolute Gasteiger partial charge is 0.222 e. The summed E-state index contributed by atoms with van der Waals surface area (Å²) >= 11 is 0. The van der Waals surface area contributed by atoms with Crippen LogP contribution in [-0.2, 0) is 14.4 Å². The third-order valence-electron chi connectivity index (χ3n) is 3.89. The number of hydrogen-bond donors (Lipinski definition) is 2. The molecule has 2 atom stereocenters. The van der Waals surface area contributed by atoms with Crippen molar-refractivity contribution in [1.82, 2.24) is 0 Å². The van der Waals surface area contributed by atoms with E-state index in [0.717, 1.165) is 18.1 Å². The maximum absolute atomic E-state index is 10.0. The zero-order chi connectivity index (χ0) is 15.3. The Bertz CT molecular complexity index is 349. The summed E-state index contributed by atoms with van der Waals surface area (Å²) in [5, 5.41) is 10.8. The summed E-state index contributed by atoms with van der Waals surface area (Å²) in [6.45, 7) is 7.56. The molecule has 2 unspecified atom stereocenters. The first kappa shape index (κ1) is 19.5. The lowest BCUT2D eigenvalue weighted by atomic mass is 9.63. The molecule has 0 aliphatic heterocycles. The van der Waals surface area contributed by atoms with E-state index in [0.29, 0.717) is 17.9 Å². The molecule has 2 N–H and O–H groups in total. The Morgan fingerprint density at radius 1 is 1.16 bits per heavy atom. The molecule has 19 heavy (non-hydrogen) atoms. The molecule has 1 fully saturated rings. The first-order valence-electron chi connectivity index (χ1n) is 6.03. The molecule has 1 saturated carbocycles. The molecular weight excluding hydrogens is 246 g/mol. The number of nitrogens with zero attached hydrogens (tertiary/aromatic N) is 1. The Balaban J connectivity index is 0. The van der Waals surface area contributed by atoms with Gasteiger partial charge in [0.1, 0.15) is 0 Å². The van der Waals surface area contributed by atoms with Crippen molar-refractivity contribution in [2.24, 2.45) is 22.2 Å². The predicted octanol–water partition coefficient (Wildman–Crippen LogP) is 2.59. The van der Waals surface area contributed by atoms with Crippen LogP contribution in [0.3, 0.4) is 0 Å². The second kappa shape index (κ2) is 11.2. The van der Waals surface area contributed by atoms with Crippen LogP contribution in [0.1, 0.15) is 40.0 Å². The van der Waals surface area contributed by atoms with Crippen LogP contribution in [0.15, 0.2) is 4.99 Å². The van der Waals surface area contributed by atoms with Crippen molar-refractivity contribution in [2.75, 3.05) is 6.54 Å². The molecule has 6 nitrogen and oxygen atoms in total. The van der Waals surface area contributed by atoms with Crippen LogP contribution in [0.2, 0.25) is 0 Å². The SMILES string of the molecule is CC1CCCC(CN=C=O)C1(C)C.N=C=O.N=C=O. The van der Waals surface area contributed by atoms with Crippen molar-refractivity contribution in [3.8, 4) is 0 Å². The van der Waals surface area contributed by atoms with E-state index in [1.165, 1.54) is 19.3 Å². The minimum Gasteiger partial charge on any atom is -0.222 e. The summed E-state index contributed by atoms with van der Waals surface area (Å²) in [5.41, 5.74) is 0.332. The maximum atomic E-state index is 10.0. The van der Waals surface area contributed by atoms with Gasteiger partial charge in [0.25, 0.3) is 0 Å². The Kier molecular flexibility index (Phi) is 11.5. The van der Waals surface area contributed by atoms with Crippen LogP contribution in [-0.4, -0.2) is 24.8 Å². The van der Waals surface area contributed by atoms with Crippen molar-refractivity contribution in [2.45, 2.75) is 40.0 Å². The Morgan fingerprint density at radius 3 is 2.05 bits per heavy atom. The monoisotopic (exact) mass is 267 g/mol. The lowest BCUT2D eigenvalue weighted by molar-refractivity contribution is 0.0767. The van der Waals surface area contributed by atoms with E-state index in [9.17, 15) is 4.79 Å². The zero-order valence-electron chi connectivity index (χ0n) is 11.7. The van der Waals surface area contributed by atoms with E-state index in [2.05, 4.69) is 25.8 Å². The third-order valence-corrected chi connectivity index (χ3v) is 3.89. The molecule has 1 rings (SSSR count). The van der Waals surface area contributed by atoms with Gasteiger partial charge in [-0.1, -0.05) is 33.6 Å². The van der Waals surface area contributed by atoms with Gasteiger partial charge >= 0.3 is 0 Å². The summed E-state index contributed by atoms with van der Waals surface area (Å²) in [7, 11) is 0. The van der Waals surface area contributed by atoms with E-state index in [1.807, 2.05) is 0 Å². The van der Waals surface area contributed by atoms with E-state index in [4.69, 9.17) is 20.4 Å². The van der Waals surface area contributed by atoms with Gasteiger partial charge in [-0.05, 0) is 23.7 Å². The predicted molar refractivity (Wildman–Crippen MR) is 70.1 cm³/mol. The highest BCUT2D eigenvalue weighted by atomic mass is 16.1. The molecule has 0 spiro atoms. The fourth-order valence-electron chi connectivity index (χ4n) is 2.29. The summed E-state index contributed by atoms with van der Waals surface area (Å²) in [6, 6.07) is 0. The average Bonchev–Trinajstić information content (AvgIpc) is 2.33. The molecule has 1 aliphatic carbocycles. The van der Waals surface area contributed by atoms with Crippen LogP contribution in [0, 0.1) is 28.1 Å². The second-order valence-corrected chi connectivity index (χ2v) is 4.99. The van der Waals surface area contributed by atoms with Crippen molar-refractivity contribution in [1.29, 1.82) is 10.8 Å². The molecule has 1 aliphatic rings. The fourth-order valence-corrected chi connectivity index (χ4v) is 2.29. The summed E-state index contributed by atoms with van der Waals surface area (Å²) < 4.78 is 0. The summed E-state index contributed by atoms with van der Waals surface area (Å²) in [5.74, 6) is 1.31. The van der Waals surface area contributed by atoms with Crippen LogP contribution < -0.4 is 0 Å². The molecule has 0 amide bonds. The average molecular weight is 267 g/mol. The van der Waals surface area contributed by atoms with Crippen molar-refractivity contribution in [3.05, 3.63) is 0 Å². The molecule has 0 aromatic rings. The molecule has 0 bridgehead atoms. The lowest BCUT2D eigenvalue weighted by Gasteiger charge is -2.43. The number of isocyanates is 3. The summed E-state index contributed by atoms with van der Waals surface area (Å²) in [6.07, 6.45) is 6.95. The standard InChI is InChI=1S/C11H19NO.2CHNO/c1-9-5-4-6-10(7-12-8-13)11(9,2)3;2*2-1-3/h9-10H,4-7H2,1-3H3;2*2H. The van der Waals surface area contributed by atoms with Gasteiger partial charge in [0, 0.05) is 0 Å². The van der Waals surface area contributed by atoms with Gasteiger partial charge in [0.2, 0.25) is 18.2 Å². The molecule has 106 valence electrons. The van der Waals surface area contributed by atoms with Gasteiger partial charge in [-0.2, -0.15) is 0 Å². The Labute approximate surface area is 113 Å². The highest BCUT2D eigenvalue weighted by molar-refractivity contribution is 5.32. The lowest BCUT2D eigenvalue weighted by Crippen LogP contribution is -2.36. The minimum atomic E-state index is 0.332. The largest absolute Gasteiger partial charge is 0.234 e. The van der Waals surface area contributed by atoms with Crippen LogP contribution in [0.4, 0.5) is 0 Å². The van der Waals surface area contributed by atoms with Crippen LogP contribution >= 0.6 is 0 Å². The van der Waals surface area contributed by atoms with Gasteiger partial charge in [-0.3, -0.25) is 0 Å². The van der Waals surface area contributed by atoms with E-state index in [1.54, 1.807) is 6.08 Å². The Morgan fingerprint density at radius 2 is 1.63 bits per heavy atom. The zero-order valence-corrected chi connectivity index (χ0v) is 11.7. The molecule has 0 heterocycles. The first-order chi connectivity index (χ1) is 8.91. The second-order valence-electron chi connectivity index (χ2n) is 4.99. The molecule has 6 heteroatoms. The molecule has 0 aromatic carbocycles. The summed E-state index contributed by atoms with van der Waals surface area (Å²) in [4.78, 5) is 30.5. The van der Waals surface area contributed by atoms with Crippen LogP contribution in [0.25, 0.3) is 0 Å². The number of aliphatic imine (C=N–C) groups is 1. The van der Waals surface area contributed by atoms with Crippen molar-refractivity contribution < 1.29 is 14.4 Å². The van der Waals surface area contributed by atoms with Gasteiger partial charge < -0.3 is 0 Å². The van der Waals surface area contributed by atoms with Crippen LogP contribution in [0.5, 0.6) is 0 Å². The maximum Gasteiger partial charge on any atom is 0.234 e. The third kappa shape index (κ3) is 7.96. The van der Waals surface area contributed by atoms with E-state index >= 15 is 0 Å². The van der Waals surface area contributed by atoms with E-state index in [-0.39, 0.29) is 0 Å². The highest BCUT2D eigenvalue weighted by Gasteiger charge is 2.37. The quantitative estimate of drug-likeness (QED) is 0.592. The van der Waals surface area contributed by atoms with Gasteiger partial charge in [0.15, 0.2) is 0 Å². The first-order valence-corrected chi connectivity index (χ1v) is 6.03.